The molecule has 0 saturated heterocycles. The Morgan fingerprint density at radius 1 is 1.38 bits per heavy atom. The molecule has 0 bridgehead atoms. The zero-order valence-electron chi connectivity index (χ0n) is 11.5. The second kappa shape index (κ2) is 6.55. The van der Waals surface area contributed by atoms with Crippen molar-refractivity contribution in [3.05, 3.63) is 39.4 Å². The Morgan fingerprint density at radius 2 is 2.00 bits per heavy atom. The van der Waals surface area contributed by atoms with Crippen molar-refractivity contribution in [1.29, 1.82) is 0 Å². The molecule has 0 saturated carbocycles. The number of rotatable bonds is 5. The Kier molecular flexibility index (Phi) is 5.28. The summed E-state index contributed by atoms with van der Waals surface area (Å²) in [5.41, 5.74) is 2.02. The van der Waals surface area contributed by atoms with Crippen LogP contribution in [-0.2, 0) is 4.79 Å². The van der Waals surface area contributed by atoms with Gasteiger partial charge in [-0.3, -0.25) is 14.9 Å². The highest BCUT2D eigenvalue weighted by Gasteiger charge is 2.44. The second-order valence-corrected chi connectivity index (χ2v) is 4.75. The molecule has 8 heteroatoms. The molecule has 5 nitrogen and oxygen atoms in total. The highest BCUT2D eigenvalue weighted by molar-refractivity contribution is 5.91. The summed E-state index contributed by atoms with van der Waals surface area (Å²) in [6.45, 7) is 2.21. The third kappa shape index (κ3) is 5.05. The van der Waals surface area contributed by atoms with Gasteiger partial charge in [-0.25, -0.2) is 0 Å². The van der Waals surface area contributed by atoms with Crippen molar-refractivity contribution in [1.82, 2.24) is 0 Å². The third-order valence-electron chi connectivity index (χ3n) is 3.14. The van der Waals surface area contributed by atoms with E-state index in [1.807, 2.05) is 0 Å². The molecular weight excluding hydrogens is 289 g/mol. The van der Waals surface area contributed by atoms with E-state index < -0.39 is 35.9 Å². The minimum Gasteiger partial charge on any atom is -0.326 e. The molecule has 1 amide bonds. The maximum Gasteiger partial charge on any atom is 0.398 e. The van der Waals surface area contributed by atoms with Gasteiger partial charge in [-0.05, 0) is 31.0 Å². The van der Waals surface area contributed by atoms with E-state index in [2.05, 4.69) is 5.32 Å². The number of nitrogens with one attached hydrogen (secondary N) is 1. The van der Waals surface area contributed by atoms with E-state index in [1.165, 1.54) is 0 Å². The van der Waals surface area contributed by atoms with Crippen LogP contribution in [0, 0.1) is 29.9 Å². The number of halogens is 3. The zero-order valence-corrected chi connectivity index (χ0v) is 11.5. The Labute approximate surface area is 119 Å². The molecule has 21 heavy (non-hydrogen) atoms. The number of anilines is 1. The van der Waals surface area contributed by atoms with Crippen LogP contribution < -0.4 is 5.32 Å². The second-order valence-electron chi connectivity index (χ2n) is 4.75. The molecule has 0 spiro atoms. The fourth-order valence-electron chi connectivity index (χ4n) is 1.78. The van der Waals surface area contributed by atoms with Crippen molar-refractivity contribution >= 4 is 11.6 Å². The highest BCUT2D eigenvalue weighted by atomic mass is 19.4. The summed E-state index contributed by atoms with van der Waals surface area (Å²) < 4.78 is 37.9. The summed E-state index contributed by atoms with van der Waals surface area (Å²) in [5, 5.41) is 12.6. The number of hydrogen-bond donors (Lipinski definition) is 1. The number of hydrogen-bond acceptors (Lipinski definition) is 3. The average Bonchev–Trinajstić information content (AvgIpc) is 2.32. The van der Waals surface area contributed by atoms with Gasteiger partial charge in [0, 0.05) is 17.0 Å². The first-order chi connectivity index (χ1) is 9.61. The van der Waals surface area contributed by atoms with Crippen molar-refractivity contribution in [2.45, 2.75) is 26.4 Å². The molecule has 1 unspecified atom stereocenters. The molecule has 1 aromatic carbocycles. The number of aryl methyl sites for hydroxylation is 1. The van der Waals surface area contributed by atoms with Crippen molar-refractivity contribution in [3.63, 3.8) is 0 Å². The molecule has 0 radical (unpaired) electrons. The Morgan fingerprint density at radius 3 is 2.52 bits per heavy atom. The van der Waals surface area contributed by atoms with Crippen LogP contribution in [0.1, 0.15) is 17.5 Å². The third-order valence-corrected chi connectivity index (χ3v) is 3.14. The highest BCUT2D eigenvalue weighted by Crippen LogP contribution is 2.29. The summed E-state index contributed by atoms with van der Waals surface area (Å²) in [7, 11) is 0. The number of carbonyl (C=O) groups excluding carboxylic acids is 1. The fraction of sp³-hybridized carbons (Fsp3) is 0.462. The summed E-state index contributed by atoms with van der Waals surface area (Å²) in [5.74, 6) is -3.19. The molecule has 1 atom stereocenters. The summed E-state index contributed by atoms with van der Waals surface area (Å²) in [6, 6.07) is 5.03. The maximum absolute atomic E-state index is 12.6. The quantitative estimate of drug-likeness (QED) is 0.671. The summed E-state index contributed by atoms with van der Waals surface area (Å²) in [4.78, 5) is 20.9. The van der Waals surface area contributed by atoms with Gasteiger partial charge in [0.1, 0.15) is 5.92 Å². The average molecular weight is 304 g/mol. The molecule has 1 N–H and O–H groups in total. The van der Waals surface area contributed by atoms with Gasteiger partial charge in [0.05, 0.1) is 0 Å². The van der Waals surface area contributed by atoms with E-state index in [1.54, 1.807) is 32.0 Å². The maximum atomic E-state index is 12.6. The lowest BCUT2D eigenvalue weighted by Gasteiger charge is -2.17. The molecule has 0 fully saturated rings. The largest absolute Gasteiger partial charge is 0.398 e. The van der Waals surface area contributed by atoms with Crippen LogP contribution in [0.5, 0.6) is 0 Å². The Bertz CT molecular complexity index is 544. The van der Waals surface area contributed by atoms with E-state index in [0.717, 1.165) is 11.1 Å². The van der Waals surface area contributed by atoms with E-state index in [-0.39, 0.29) is 0 Å². The SMILES string of the molecule is Cc1cccc(NC(=O)CC(C[N+](=O)[O-])C(F)(F)F)c1C. The summed E-state index contributed by atoms with van der Waals surface area (Å²) in [6.07, 6.45) is -5.76. The molecule has 0 aliphatic carbocycles. The molecule has 116 valence electrons. The van der Waals surface area contributed by atoms with Gasteiger partial charge >= 0.3 is 6.18 Å². The molecular formula is C13H15F3N2O3. The first-order valence-corrected chi connectivity index (χ1v) is 6.16. The van der Waals surface area contributed by atoms with E-state index in [0.29, 0.717) is 5.69 Å². The Balaban J connectivity index is 2.79. The molecule has 1 aromatic rings. The number of alkyl halides is 3. The minimum absolute atomic E-state index is 0.405. The van der Waals surface area contributed by atoms with Gasteiger partial charge in [-0.15, -0.1) is 0 Å². The number of amides is 1. The lowest BCUT2D eigenvalue weighted by atomic mass is 10.0. The molecule has 0 aliphatic rings. The van der Waals surface area contributed by atoms with Crippen molar-refractivity contribution < 1.29 is 22.9 Å². The fourth-order valence-corrected chi connectivity index (χ4v) is 1.78. The van der Waals surface area contributed by atoms with Gasteiger partial charge in [0.2, 0.25) is 12.5 Å². The number of benzene rings is 1. The number of nitro groups is 1. The predicted octanol–water partition coefficient (Wildman–Crippen LogP) is 3.09. The normalized spacial score (nSPS) is 12.8. The molecule has 0 aromatic heterocycles. The van der Waals surface area contributed by atoms with E-state index >= 15 is 0 Å². The zero-order chi connectivity index (χ0) is 16.2. The van der Waals surface area contributed by atoms with E-state index in [4.69, 9.17) is 0 Å². The summed E-state index contributed by atoms with van der Waals surface area (Å²) >= 11 is 0. The number of nitrogens with zero attached hydrogens (tertiary/aromatic N) is 1. The predicted molar refractivity (Wildman–Crippen MR) is 70.6 cm³/mol. The van der Waals surface area contributed by atoms with Gasteiger partial charge in [-0.1, -0.05) is 12.1 Å². The van der Waals surface area contributed by atoms with Gasteiger partial charge in [0.25, 0.3) is 0 Å². The van der Waals surface area contributed by atoms with Crippen molar-refractivity contribution in [2.75, 3.05) is 11.9 Å². The van der Waals surface area contributed by atoms with Crippen LogP contribution in [0.25, 0.3) is 0 Å². The van der Waals surface area contributed by atoms with Gasteiger partial charge in [-0.2, -0.15) is 13.2 Å². The van der Waals surface area contributed by atoms with Crippen LogP contribution in [0.15, 0.2) is 18.2 Å². The smallest absolute Gasteiger partial charge is 0.326 e. The van der Waals surface area contributed by atoms with Crippen molar-refractivity contribution in [2.24, 2.45) is 5.92 Å². The van der Waals surface area contributed by atoms with E-state index in [9.17, 15) is 28.1 Å². The lowest BCUT2D eigenvalue weighted by Crippen LogP contribution is -2.33. The topological polar surface area (TPSA) is 72.2 Å². The Hall–Kier alpha value is -2.12. The van der Waals surface area contributed by atoms with Gasteiger partial charge < -0.3 is 5.32 Å². The monoisotopic (exact) mass is 304 g/mol. The van der Waals surface area contributed by atoms with Crippen LogP contribution in [0.3, 0.4) is 0 Å². The van der Waals surface area contributed by atoms with Crippen LogP contribution in [0.4, 0.5) is 18.9 Å². The van der Waals surface area contributed by atoms with Crippen LogP contribution in [0.2, 0.25) is 0 Å². The van der Waals surface area contributed by atoms with Crippen LogP contribution >= 0.6 is 0 Å². The molecule has 0 heterocycles. The first kappa shape index (κ1) is 16.9. The van der Waals surface area contributed by atoms with Crippen molar-refractivity contribution in [3.8, 4) is 0 Å². The lowest BCUT2D eigenvalue weighted by molar-refractivity contribution is -0.497. The van der Waals surface area contributed by atoms with Gasteiger partial charge in [0.15, 0.2) is 0 Å². The standard InChI is InChI=1S/C13H15F3N2O3/c1-8-4-3-5-11(9(8)2)17-12(19)6-10(7-18(20)21)13(14,15)16/h3-5,10H,6-7H2,1-2H3,(H,17,19). The minimum atomic E-state index is -4.79. The number of carbonyl (C=O) groups is 1. The first-order valence-electron chi connectivity index (χ1n) is 6.16. The van der Waals surface area contributed by atoms with Crippen LogP contribution in [-0.4, -0.2) is 23.6 Å². The molecule has 1 rings (SSSR count). The molecule has 0 aliphatic heterocycles.